The normalized spacial score (nSPS) is 23.4. The van der Waals surface area contributed by atoms with Crippen molar-refractivity contribution in [2.24, 2.45) is 10.8 Å². The summed E-state index contributed by atoms with van der Waals surface area (Å²) in [4.78, 5) is 44.6. The first-order valence-corrected chi connectivity index (χ1v) is 15.7. The molecule has 3 aliphatic rings. The van der Waals surface area contributed by atoms with E-state index in [0.717, 1.165) is 18.5 Å². The van der Waals surface area contributed by atoms with E-state index in [9.17, 15) is 14.4 Å². The molecule has 0 N–H and O–H groups in total. The number of carbonyl (C=O) groups excluding carboxylic acids is 3. The molecule has 8 nitrogen and oxygen atoms in total. The fourth-order valence-corrected chi connectivity index (χ4v) is 7.55. The highest BCUT2D eigenvalue weighted by molar-refractivity contribution is 6.00. The number of ether oxygens (including phenoxy) is 2. The van der Waals surface area contributed by atoms with E-state index in [1.807, 2.05) is 62.1 Å². The molecule has 5 rings (SSSR count). The fourth-order valence-electron chi connectivity index (χ4n) is 7.55. The summed E-state index contributed by atoms with van der Waals surface area (Å²) in [5.41, 5.74) is 4.08. The molecule has 2 atom stereocenters. The molecule has 2 aromatic rings. The second kappa shape index (κ2) is 11.9. The number of piperazine rings is 1. The predicted molar refractivity (Wildman–Crippen MR) is 172 cm³/mol. The molecule has 2 aliphatic heterocycles. The van der Waals surface area contributed by atoms with Gasteiger partial charge in [0.15, 0.2) is 0 Å². The largest absolute Gasteiger partial charge is 0.465 e. The second-order valence-electron chi connectivity index (χ2n) is 14.3. The Morgan fingerprint density at radius 2 is 1.55 bits per heavy atom. The van der Waals surface area contributed by atoms with Gasteiger partial charge in [-0.15, -0.1) is 0 Å². The zero-order valence-corrected chi connectivity index (χ0v) is 27.3. The number of esters is 1. The highest BCUT2D eigenvalue weighted by atomic mass is 16.6. The number of rotatable bonds is 4. The third-order valence-electron chi connectivity index (χ3n) is 9.68. The minimum atomic E-state index is -0.529. The molecule has 2 fully saturated rings. The summed E-state index contributed by atoms with van der Waals surface area (Å²) in [6.45, 7) is 16.2. The van der Waals surface area contributed by atoms with Crippen molar-refractivity contribution in [3.8, 4) is 0 Å². The lowest BCUT2D eigenvalue weighted by molar-refractivity contribution is 0.0240. The molecule has 1 aliphatic carbocycles. The minimum absolute atomic E-state index is 0.0463. The van der Waals surface area contributed by atoms with E-state index in [2.05, 4.69) is 43.9 Å². The second-order valence-corrected chi connectivity index (χ2v) is 14.3. The highest BCUT2D eigenvalue weighted by Gasteiger charge is 2.50. The van der Waals surface area contributed by atoms with Crippen LogP contribution in [0.4, 0.5) is 10.5 Å². The Kier molecular flexibility index (Phi) is 8.58. The van der Waals surface area contributed by atoms with E-state index in [1.165, 1.54) is 18.2 Å². The number of benzene rings is 2. The Labute approximate surface area is 262 Å². The molecular weight excluding hydrogens is 554 g/mol. The number of fused-ring (bicyclic) bond motifs is 1. The van der Waals surface area contributed by atoms with Crippen LogP contribution in [0.3, 0.4) is 0 Å². The van der Waals surface area contributed by atoms with Crippen LogP contribution >= 0.6 is 0 Å². The van der Waals surface area contributed by atoms with Crippen LogP contribution in [-0.2, 0) is 9.47 Å². The molecule has 0 aromatic heterocycles. The summed E-state index contributed by atoms with van der Waals surface area (Å²) in [6.07, 6.45) is 3.97. The summed E-state index contributed by atoms with van der Waals surface area (Å²) in [5, 5.41) is 0. The van der Waals surface area contributed by atoms with Crippen LogP contribution in [0.2, 0.25) is 0 Å². The van der Waals surface area contributed by atoms with Crippen molar-refractivity contribution in [2.45, 2.75) is 65.9 Å². The summed E-state index contributed by atoms with van der Waals surface area (Å²) in [6, 6.07) is 15.7. The molecule has 2 heterocycles. The van der Waals surface area contributed by atoms with Gasteiger partial charge in [-0.05, 0) is 74.8 Å². The van der Waals surface area contributed by atoms with Gasteiger partial charge in [0.25, 0.3) is 5.91 Å². The first-order valence-electron chi connectivity index (χ1n) is 15.7. The Balaban J connectivity index is 1.30. The van der Waals surface area contributed by atoms with Gasteiger partial charge in [0, 0.05) is 50.4 Å². The van der Waals surface area contributed by atoms with Crippen LogP contribution in [0.5, 0.6) is 0 Å². The van der Waals surface area contributed by atoms with Crippen molar-refractivity contribution in [2.75, 3.05) is 51.3 Å². The van der Waals surface area contributed by atoms with Crippen molar-refractivity contribution in [3.63, 3.8) is 0 Å². The average molecular weight is 602 g/mol. The van der Waals surface area contributed by atoms with Crippen LogP contribution in [0.15, 0.2) is 60.2 Å². The van der Waals surface area contributed by atoms with E-state index in [-0.39, 0.29) is 28.8 Å². The van der Waals surface area contributed by atoms with Crippen molar-refractivity contribution in [3.05, 3.63) is 76.9 Å². The van der Waals surface area contributed by atoms with Crippen LogP contribution in [0, 0.1) is 10.8 Å². The zero-order chi connectivity index (χ0) is 31.9. The number of methoxy groups -OCH3 is 1. The number of hydrogen-bond donors (Lipinski definition) is 0. The van der Waals surface area contributed by atoms with Gasteiger partial charge in [-0.1, -0.05) is 56.7 Å². The van der Waals surface area contributed by atoms with Gasteiger partial charge >= 0.3 is 12.1 Å². The minimum Gasteiger partial charge on any atom is -0.465 e. The van der Waals surface area contributed by atoms with E-state index in [1.54, 1.807) is 4.90 Å². The van der Waals surface area contributed by atoms with Crippen molar-refractivity contribution in [1.82, 2.24) is 9.80 Å². The third-order valence-corrected chi connectivity index (χ3v) is 9.68. The number of nitrogens with zero attached hydrogens (tertiary/aromatic N) is 3. The van der Waals surface area contributed by atoms with Crippen LogP contribution in [0.25, 0.3) is 0 Å². The molecule has 8 heteroatoms. The number of hydrogen-bond acceptors (Lipinski definition) is 6. The van der Waals surface area contributed by atoms with Crippen LogP contribution < -0.4 is 4.90 Å². The standard InChI is InChI=1S/C36H47N3O5/c1-34(2,3)44-33(42)38-22-20-37(21-23-38)29-11-9-8-10-27(29)31(40)39-19-17-30-35(4,5)28(16-18-36(30,6)24-39)25-12-14-26(15-13-25)32(41)43-7/h8-15,17,28H,16,18-24H2,1-7H3/t28?,36-/m1/s1. The molecule has 44 heavy (non-hydrogen) atoms. The van der Waals surface area contributed by atoms with E-state index >= 15 is 0 Å². The molecule has 1 unspecified atom stereocenters. The van der Waals surface area contributed by atoms with E-state index in [4.69, 9.17) is 9.47 Å². The van der Waals surface area contributed by atoms with Crippen molar-refractivity contribution in [1.29, 1.82) is 0 Å². The van der Waals surface area contributed by atoms with Gasteiger partial charge in [0.2, 0.25) is 0 Å². The zero-order valence-electron chi connectivity index (χ0n) is 27.3. The Hall–Kier alpha value is -3.81. The van der Waals surface area contributed by atoms with Crippen LogP contribution in [0.1, 0.15) is 86.6 Å². The molecular formula is C36H47N3O5. The lowest BCUT2D eigenvalue weighted by Gasteiger charge is -2.54. The van der Waals surface area contributed by atoms with Crippen molar-refractivity contribution < 1.29 is 23.9 Å². The number of carbonyl (C=O) groups is 3. The van der Waals surface area contributed by atoms with Gasteiger partial charge in [-0.3, -0.25) is 4.79 Å². The van der Waals surface area contributed by atoms with Crippen molar-refractivity contribution >= 4 is 23.7 Å². The molecule has 1 saturated carbocycles. The average Bonchev–Trinajstić information content (AvgIpc) is 2.99. The lowest BCUT2D eigenvalue weighted by Crippen LogP contribution is -2.52. The quantitative estimate of drug-likeness (QED) is 0.293. The Morgan fingerprint density at radius 3 is 2.18 bits per heavy atom. The number of amides is 2. The fraction of sp³-hybridized carbons (Fsp3) is 0.528. The lowest BCUT2D eigenvalue weighted by atomic mass is 9.53. The van der Waals surface area contributed by atoms with E-state index in [0.29, 0.717) is 56.3 Å². The number of para-hydroxylation sites is 1. The van der Waals surface area contributed by atoms with Gasteiger partial charge in [0.05, 0.1) is 18.2 Å². The van der Waals surface area contributed by atoms with Crippen LogP contribution in [-0.4, -0.2) is 79.7 Å². The molecule has 0 spiro atoms. The van der Waals surface area contributed by atoms with E-state index < -0.39 is 5.60 Å². The van der Waals surface area contributed by atoms with Gasteiger partial charge in [-0.2, -0.15) is 0 Å². The maximum Gasteiger partial charge on any atom is 0.410 e. The Morgan fingerprint density at radius 1 is 0.886 bits per heavy atom. The summed E-state index contributed by atoms with van der Waals surface area (Å²) in [7, 11) is 1.40. The molecule has 1 saturated heterocycles. The molecule has 2 aromatic carbocycles. The SMILES string of the molecule is COC(=O)c1ccc(C2CC[C@]3(C)CN(C(=O)c4ccccc4N4CCN(C(=O)OC(C)(C)C)CC4)CC=C3C2(C)C)cc1. The Bertz CT molecular complexity index is 1430. The highest BCUT2D eigenvalue weighted by Crippen LogP contribution is 2.58. The van der Waals surface area contributed by atoms with Gasteiger partial charge in [0.1, 0.15) is 5.60 Å². The molecule has 0 radical (unpaired) electrons. The summed E-state index contributed by atoms with van der Waals surface area (Å²) in [5.74, 6) is 0.0391. The molecule has 0 bridgehead atoms. The monoisotopic (exact) mass is 601 g/mol. The first kappa shape index (κ1) is 31.6. The maximum atomic E-state index is 14.1. The predicted octanol–water partition coefficient (Wildman–Crippen LogP) is 6.52. The summed E-state index contributed by atoms with van der Waals surface area (Å²) >= 11 is 0. The smallest absolute Gasteiger partial charge is 0.410 e. The molecule has 236 valence electrons. The van der Waals surface area contributed by atoms with Gasteiger partial charge < -0.3 is 24.2 Å². The maximum absolute atomic E-state index is 14.1. The summed E-state index contributed by atoms with van der Waals surface area (Å²) < 4.78 is 10.4. The third kappa shape index (κ3) is 6.21. The van der Waals surface area contributed by atoms with Gasteiger partial charge in [-0.25, -0.2) is 9.59 Å². The number of anilines is 1. The molecule has 2 amide bonds. The topological polar surface area (TPSA) is 79.4 Å². The first-order chi connectivity index (χ1) is 20.7.